The lowest BCUT2D eigenvalue weighted by Crippen LogP contribution is -2.34. The Morgan fingerprint density at radius 2 is 2.14 bits per heavy atom. The number of amides is 2. The van der Waals surface area contributed by atoms with Crippen molar-refractivity contribution in [1.82, 2.24) is 5.48 Å². The molecule has 0 aliphatic heterocycles. The molecule has 1 atom stereocenters. The van der Waals surface area contributed by atoms with Crippen LogP contribution < -0.4 is 11.2 Å². The fourth-order valence-electron chi connectivity index (χ4n) is 1.10. The number of carbonyl (C=O) groups is 2. The highest BCUT2D eigenvalue weighted by Gasteiger charge is 2.18. The second kappa shape index (κ2) is 6.01. The number of carbonyl (C=O) groups excluding carboxylic acids is 2. The van der Waals surface area contributed by atoms with Crippen molar-refractivity contribution in [3.8, 4) is 0 Å². The molecule has 0 aliphatic rings. The fraction of sp³-hybridized carbons (Fsp3) is 0.556. The Bertz CT molecular complexity index is 248. The lowest BCUT2D eigenvalue weighted by Gasteiger charge is -2.12. The van der Waals surface area contributed by atoms with E-state index in [1.54, 1.807) is 12.4 Å². The van der Waals surface area contributed by atoms with Gasteiger partial charge >= 0.3 is 12.0 Å². The third-order valence-corrected chi connectivity index (χ3v) is 1.94. The van der Waals surface area contributed by atoms with Gasteiger partial charge in [0, 0.05) is 0 Å². The van der Waals surface area contributed by atoms with Crippen LogP contribution in [0.3, 0.4) is 0 Å². The Balaban J connectivity index is 4.18. The standard InChI is InChI=1S/C9H16N2O3/c1-4-7(5-2)6(3)8(12)14-11-9(10)13/h4,6H,5H2,1-3H3,(H3,10,11,13). The molecular formula is C9H16N2O3. The van der Waals surface area contributed by atoms with Gasteiger partial charge in [0.2, 0.25) is 0 Å². The first kappa shape index (κ1) is 12.5. The number of allylic oxidation sites excluding steroid dienone is 1. The Kier molecular flexibility index (Phi) is 5.36. The molecule has 0 saturated heterocycles. The van der Waals surface area contributed by atoms with Crippen LogP contribution in [0.5, 0.6) is 0 Å². The molecule has 0 spiro atoms. The van der Waals surface area contributed by atoms with Crippen molar-refractivity contribution < 1.29 is 14.4 Å². The summed E-state index contributed by atoms with van der Waals surface area (Å²) in [5.41, 5.74) is 7.49. The van der Waals surface area contributed by atoms with Crippen LogP contribution in [0.25, 0.3) is 0 Å². The summed E-state index contributed by atoms with van der Waals surface area (Å²) in [4.78, 5) is 26.0. The topological polar surface area (TPSA) is 81.4 Å². The molecule has 0 fully saturated rings. The minimum Gasteiger partial charge on any atom is -0.349 e. The average Bonchev–Trinajstić information content (AvgIpc) is 2.15. The summed E-state index contributed by atoms with van der Waals surface area (Å²) in [5.74, 6) is -0.879. The summed E-state index contributed by atoms with van der Waals surface area (Å²) in [6.45, 7) is 5.51. The molecule has 2 amide bonds. The van der Waals surface area contributed by atoms with E-state index in [2.05, 4.69) is 4.84 Å². The number of nitrogens with one attached hydrogen (secondary N) is 1. The van der Waals surface area contributed by atoms with Crippen LogP contribution in [0.2, 0.25) is 0 Å². The molecule has 0 aromatic heterocycles. The third-order valence-electron chi connectivity index (χ3n) is 1.94. The van der Waals surface area contributed by atoms with Crippen molar-refractivity contribution in [2.75, 3.05) is 0 Å². The first-order valence-corrected chi connectivity index (χ1v) is 4.44. The highest BCUT2D eigenvalue weighted by atomic mass is 16.7. The van der Waals surface area contributed by atoms with Gasteiger partial charge in [0.05, 0.1) is 5.92 Å². The molecular weight excluding hydrogens is 184 g/mol. The molecule has 0 aromatic carbocycles. The zero-order valence-electron chi connectivity index (χ0n) is 8.66. The number of hydrogen-bond donors (Lipinski definition) is 2. The number of urea groups is 1. The van der Waals surface area contributed by atoms with Gasteiger partial charge in [0.15, 0.2) is 0 Å². The van der Waals surface area contributed by atoms with Gasteiger partial charge in [-0.15, -0.1) is 0 Å². The molecule has 5 heteroatoms. The smallest absolute Gasteiger partial charge is 0.345 e. The molecule has 1 unspecified atom stereocenters. The molecule has 0 radical (unpaired) electrons. The monoisotopic (exact) mass is 200 g/mol. The van der Waals surface area contributed by atoms with Crippen LogP contribution in [-0.4, -0.2) is 12.0 Å². The summed E-state index contributed by atoms with van der Waals surface area (Å²) in [6.07, 6.45) is 2.62. The molecule has 0 heterocycles. The number of rotatable bonds is 3. The van der Waals surface area contributed by atoms with Gasteiger partial charge < -0.3 is 10.6 Å². The number of hydroxylamine groups is 1. The summed E-state index contributed by atoms with van der Waals surface area (Å²) in [6, 6.07) is -0.885. The molecule has 3 N–H and O–H groups in total. The second-order valence-corrected chi connectivity index (χ2v) is 2.83. The third kappa shape index (κ3) is 3.93. The summed E-state index contributed by atoms with van der Waals surface area (Å²) in [7, 11) is 0. The normalized spacial score (nSPS) is 13.2. The Hall–Kier alpha value is -1.52. The minimum atomic E-state index is -0.885. The molecule has 0 aromatic rings. The largest absolute Gasteiger partial charge is 0.349 e. The minimum absolute atomic E-state index is 0.364. The fourth-order valence-corrected chi connectivity index (χ4v) is 1.10. The van der Waals surface area contributed by atoms with Crippen molar-refractivity contribution in [2.24, 2.45) is 11.7 Å². The lowest BCUT2D eigenvalue weighted by molar-refractivity contribution is -0.151. The maximum atomic E-state index is 11.3. The van der Waals surface area contributed by atoms with E-state index < -0.39 is 12.0 Å². The van der Waals surface area contributed by atoms with E-state index in [9.17, 15) is 9.59 Å². The summed E-state index contributed by atoms with van der Waals surface area (Å²) >= 11 is 0. The second-order valence-electron chi connectivity index (χ2n) is 2.83. The van der Waals surface area contributed by atoms with E-state index in [1.165, 1.54) is 0 Å². The zero-order chi connectivity index (χ0) is 11.1. The average molecular weight is 200 g/mol. The van der Waals surface area contributed by atoms with Crippen LogP contribution in [0, 0.1) is 5.92 Å². The SMILES string of the molecule is CC=C(CC)C(C)C(=O)ONC(N)=O. The zero-order valence-corrected chi connectivity index (χ0v) is 8.66. The summed E-state index contributed by atoms with van der Waals surface area (Å²) < 4.78 is 0. The van der Waals surface area contributed by atoms with Gasteiger partial charge in [-0.2, -0.15) is 5.48 Å². The Morgan fingerprint density at radius 3 is 2.50 bits per heavy atom. The van der Waals surface area contributed by atoms with Gasteiger partial charge in [-0.3, -0.25) is 0 Å². The maximum absolute atomic E-state index is 11.3. The molecule has 14 heavy (non-hydrogen) atoms. The van der Waals surface area contributed by atoms with Gasteiger partial charge in [-0.05, 0) is 20.3 Å². The Labute approximate surface area is 83.2 Å². The number of nitrogens with two attached hydrogens (primary N) is 1. The lowest BCUT2D eigenvalue weighted by atomic mass is 9.99. The van der Waals surface area contributed by atoms with Crippen LogP contribution in [0.4, 0.5) is 4.79 Å². The van der Waals surface area contributed by atoms with E-state index in [0.717, 1.165) is 12.0 Å². The van der Waals surface area contributed by atoms with Crippen molar-refractivity contribution in [1.29, 1.82) is 0 Å². The van der Waals surface area contributed by atoms with E-state index in [1.807, 2.05) is 19.9 Å². The van der Waals surface area contributed by atoms with Gasteiger partial charge in [0.25, 0.3) is 0 Å². The summed E-state index contributed by atoms with van der Waals surface area (Å²) in [5, 5.41) is 0. The van der Waals surface area contributed by atoms with Crippen molar-refractivity contribution >= 4 is 12.0 Å². The van der Waals surface area contributed by atoms with Gasteiger partial charge in [-0.25, -0.2) is 9.59 Å². The van der Waals surface area contributed by atoms with Crippen LogP contribution in [0.1, 0.15) is 27.2 Å². The first-order valence-electron chi connectivity index (χ1n) is 4.44. The highest BCUT2D eigenvalue weighted by molar-refractivity contribution is 5.78. The molecule has 80 valence electrons. The van der Waals surface area contributed by atoms with Crippen molar-refractivity contribution in [3.05, 3.63) is 11.6 Å². The Morgan fingerprint density at radius 1 is 1.57 bits per heavy atom. The van der Waals surface area contributed by atoms with E-state index in [-0.39, 0.29) is 5.92 Å². The molecule has 0 aliphatic carbocycles. The van der Waals surface area contributed by atoms with Crippen molar-refractivity contribution in [3.63, 3.8) is 0 Å². The first-order chi connectivity index (χ1) is 6.52. The molecule has 0 bridgehead atoms. The molecule has 5 nitrogen and oxygen atoms in total. The number of primary amides is 1. The van der Waals surface area contributed by atoms with Crippen molar-refractivity contribution in [2.45, 2.75) is 27.2 Å². The van der Waals surface area contributed by atoms with Crippen LogP contribution in [0.15, 0.2) is 11.6 Å². The van der Waals surface area contributed by atoms with Crippen LogP contribution >= 0.6 is 0 Å². The quantitative estimate of drug-likeness (QED) is 0.528. The van der Waals surface area contributed by atoms with E-state index >= 15 is 0 Å². The molecule has 0 saturated carbocycles. The van der Waals surface area contributed by atoms with Crippen LogP contribution in [-0.2, 0) is 9.63 Å². The maximum Gasteiger partial charge on any atom is 0.345 e. The van der Waals surface area contributed by atoms with Gasteiger partial charge in [0.1, 0.15) is 0 Å². The predicted molar refractivity (Wildman–Crippen MR) is 52.0 cm³/mol. The highest BCUT2D eigenvalue weighted by Crippen LogP contribution is 2.14. The van der Waals surface area contributed by atoms with E-state index in [4.69, 9.17) is 5.73 Å². The molecule has 0 rings (SSSR count). The predicted octanol–water partition coefficient (Wildman–Crippen LogP) is 1.11. The van der Waals surface area contributed by atoms with Gasteiger partial charge in [-0.1, -0.05) is 18.6 Å². The van der Waals surface area contributed by atoms with E-state index in [0.29, 0.717) is 0 Å². The number of hydrogen-bond acceptors (Lipinski definition) is 3.